The van der Waals surface area contributed by atoms with Gasteiger partial charge in [0.15, 0.2) is 9.84 Å². The summed E-state index contributed by atoms with van der Waals surface area (Å²) in [6.45, 7) is 1.48. The van der Waals surface area contributed by atoms with Crippen molar-refractivity contribution in [3.63, 3.8) is 0 Å². The van der Waals surface area contributed by atoms with Crippen molar-refractivity contribution in [1.82, 2.24) is 0 Å². The van der Waals surface area contributed by atoms with Gasteiger partial charge in [-0.3, -0.25) is 4.79 Å². The van der Waals surface area contributed by atoms with Crippen LogP contribution >= 0.6 is 0 Å². The number of halogens is 1. The first-order valence-electron chi connectivity index (χ1n) is 5.58. The molecule has 0 unspecified atom stereocenters. The molecule has 1 N–H and O–H groups in total. The van der Waals surface area contributed by atoms with Gasteiger partial charge in [0, 0.05) is 11.7 Å². The molecule has 0 aromatic heterocycles. The zero-order valence-corrected chi connectivity index (χ0v) is 10.5. The number of hydrogen-bond acceptors (Lipinski definition) is 3. The standard InChI is InChI=1S/C12H13FO4S/c1-2-18(16,17)11-9(10(11)12(14)15)7-4-3-5-8(13)6-7/h3-6,9-11H,2H2,1H3,(H,14,15)/t9-,10-,11-/m0/s1. The van der Waals surface area contributed by atoms with Gasteiger partial charge in [0.25, 0.3) is 0 Å². The second kappa shape index (κ2) is 4.35. The number of aliphatic carboxylic acids is 1. The van der Waals surface area contributed by atoms with Crippen molar-refractivity contribution in [2.24, 2.45) is 5.92 Å². The van der Waals surface area contributed by atoms with E-state index in [0.717, 1.165) is 0 Å². The Labute approximate surface area is 104 Å². The molecular formula is C12H13FO4S. The van der Waals surface area contributed by atoms with Crippen LogP contribution in [0, 0.1) is 11.7 Å². The number of sulfone groups is 1. The SMILES string of the molecule is CCS(=O)(=O)[C@@H]1[C@@H](C(=O)O)[C@@H]1c1cccc(F)c1. The molecule has 1 aromatic carbocycles. The molecule has 1 aliphatic carbocycles. The quantitative estimate of drug-likeness (QED) is 0.900. The molecule has 1 fully saturated rings. The van der Waals surface area contributed by atoms with Crippen molar-refractivity contribution in [2.75, 3.05) is 5.75 Å². The zero-order chi connectivity index (χ0) is 13.5. The van der Waals surface area contributed by atoms with Crippen LogP contribution in [0.1, 0.15) is 18.4 Å². The van der Waals surface area contributed by atoms with Crippen LogP contribution in [-0.4, -0.2) is 30.5 Å². The number of hydrogen-bond donors (Lipinski definition) is 1. The molecule has 3 atom stereocenters. The minimum Gasteiger partial charge on any atom is -0.481 e. The van der Waals surface area contributed by atoms with Gasteiger partial charge >= 0.3 is 5.97 Å². The van der Waals surface area contributed by atoms with E-state index in [1.54, 1.807) is 6.07 Å². The average Bonchev–Trinajstić information content (AvgIpc) is 3.05. The normalized spacial score (nSPS) is 26.9. The van der Waals surface area contributed by atoms with Crippen LogP contribution in [0.3, 0.4) is 0 Å². The van der Waals surface area contributed by atoms with E-state index in [1.807, 2.05) is 0 Å². The second-order valence-corrected chi connectivity index (χ2v) is 6.81. The molecular weight excluding hydrogens is 259 g/mol. The summed E-state index contributed by atoms with van der Waals surface area (Å²) in [4.78, 5) is 11.0. The van der Waals surface area contributed by atoms with E-state index in [0.29, 0.717) is 5.56 Å². The maximum atomic E-state index is 13.1. The summed E-state index contributed by atoms with van der Waals surface area (Å²) in [5.74, 6) is -3.34. The van der Waals surface area contributed by atoms with Crippen molar-refractivity contribution in [3.8, 4) is 0 Å². The highest BCUT2D eigenvalue weighted by atomic mass is 32.2. The summed E-state index contributed by atoms with van der Waals surface area (Å²) in [5.41, 5.74) is 0.435. The van der Waals surface area contributed by atoms with Crippen molar-refractivity contribution < 1.29 is 22.7 Å². The highest BCUT2D eigenvalue weighted by molar-refractivity contribution is 7.92. The molecule has 98 valence electrons. The predicted molar refractivity (Wildman–Crippen MR) is 63.5 cm³/mol. The number of carboxylic acid groups (broad SMARTS) is 1. The minimum absolute atomic E-state index is 0.104. The molecule has 0 saturated heterocycles. The van der Waals surface area contributed by atoms with Gasteiger partial charge in [0.2, 0.25) is 0 Å². The van der Waals surface area contributed by atoms with E-state index < -0.39 is 38.7 Å². The Kier molecular flexibility index (Phi) is 3.14. The first-order chi connectivity index (χ1) is 8.38. The van der Waals surface area contributed by atoms with Crippen LogP contribution in [0.25, 0.3) is 0 Å². The summed E-state index contributed by atoms with van der Waals surface area (Å²) in [6.07, 6.45) is 0. The van der Waals surface area contributed by atoms with Gasteiger partial charge < -0.3 is 5.11 Å². The zero-order valence-electron chi connectivity index (χ0n) is 9.71. The Hall–Kier alpha value is -1.43. The van der Waals surface area contributed by atoms with Gasteiger partial charge in [-0.15, -0.1) is 0 Å². The minimum atomic E-state index is -3.43. The maximum absolute atomic E-state index is 13.1. The first kappa shape index (κ1) is 13.0. The van der Waals surface area contributed by atoms with Crippen LogP contribution in [0.4, 0.5) is 4.39 Å². The fourth-order valence-corrected chi connectivity index (χ4v) is 4.13. The van der Waals surface area contributed by atoms with Gasteiger partial charge in [-0.05, 0) is 17.7 Å². The molecule has 1 aromatic rings. The maximum Gasteiger partial charge on any atom is 0.308 e. The third-order valence-corrected chi connectivity index (χ3v) is 5.51. The summed E-state index contributed by atoms with van der Waals surface area (Å²) in [7, 11) is -3.43. The molecule has 0 bridgehead atoms. The van der Waals surface area contributed by atoms with Gasteiger partial charge in [-0.2, -0.15) is 0 Å². The highest BCUT2D eigenvalue weighted by Gasteiger charge is 2.62. The fourth-order valence-electron chi connectivity index (χ4n) is 2.33. The van der Waals surface area contributed by atoms with Gasteiger partial charge in [0.1, 0.15) is 5.82 Å². The van der Waals surface area contributed by atoms with E-state index in [1.165, 1.54) is 25.1 Å². The predicted octanol–water partition coefficient (Wildman–Crippen LogP) is 1.43. The first-order valence-corrected chi connectivity index (χ1v) is 7.30. The molecule has 0 spiro atoms. The van der Waals surface area contributed by atoms with Crippen molar-refractivity contribution in [2.45, 2.75) is 18.1 Å². The van der Waals surface area contributed by atoms with Crippen molar-refractivity contribution in [3.05, 3.63) is 35.6 Å². The summed E-state index contributed by atoms with van der Waals surface area (Å²) >= 11 is 0. The molecule has 1 aliphatic rings. The molecule has 0 aliphatic heterocycles. The van der Waals surface area contributed by atoms with Crippen molar-refractivity contribution in [1.29, 1.82) is 0 Å². The van der Waals surface area contributed by atoms with Crippen molar-refractivity contribution >= 4 is 15.8 Å². The third-order valence-electron chi connectivity index (χ3n) is 3.29. The van der Waals surface area contributed by atoms with Gasteiger partial charge in [-0.1, -0.05) is 19.1 Å². The molecule has 1 saturated carbocycles. The summed E-state index contributed by atoms with van der Waals surface area (Å²) in [5, 5.41) is 8.10. The second-order valence-electron chi connectivity index (χ2n) is 4.36. The largest absolute Gasteiger partial charge is 0.481 e. The van der Waals surface area contributed by atoms with E-state index in [2.05, 4.69) is 0 Å². The number of rotatable bonds is 4. The van der Waals surface area contributed by atoms with Crippen LogP contribution in [0.15, 0.2) is 24.3 Å². The van der Waals surface area contributed by atoms with Crippen LogP contribution < -0.4 is 0 Å². The Morgan fingerprint density at radius 3 is 2.61 bits per heavy atom. The van der Waals surface area contributed by atoms with Gasteiger partial charge in [-0.25, -0.2) is 12.8 Å². The lowest BCUT2D eigenvalue weighted by molar-refractivity contribution is -0.138. The molecule has 0 amide bonds. The number of carbonyl (C=O) groups is 1. The Balaban J connectivity index is 2.37. The van der Waals surface area contributed by atoms with E-state index in [-0.39, 0.29) is 5.75 Å². The van der Waals surface area contributed by atoms with Crippen LogP contribution in [0.2, 0.25) is 0 Å². The number of benzene rings is 1. The third kappa shape index (κ3) is 2.12. The topological polar surface area (TPSA) is 71.4 Å². The molecule has 4 nitrogen and oxygen atoms in total. The smallest absolute Gasteiger partial charge is 0.308 e. The summed E-state index contributed by atoms with van der Waals surface area (Å²) < 4.78 is 36.7. The lowest BCUT2D eigenvalue weighted by atomic mass is 10.1. The Bertz CT molecular complexity index is 581. The molecule has 0 heterocycles. The Morgan fingerprint density at radius 1 is 1.44 bits per heavy atom. The van der Waals surface area contributed by atoms with Gasteiger partial charge in [0.05, 0.1) is 11.2 Å². The molecule has 2 rings (SSSR count). The Morgan fingerprint density at radius 2 is 2.11 bits per heavy atom. The highest BCUT2D eigenvalue weighted by Crippen LogP contribution is 2.52. The lowest BCUT2D eigenvalue weighted by Crippen LogP contribution is -2.14. The lowest BCUT2D eigenvalue weighted by Gasteiger charge is -2.00. The van der Waals surface area contributed by atoms with Crippen LogP contribution in [0.5, 0.6) is 0 Å². The van der Waals surface area contributed by atoms with Crippen LogP contribution in [-0.2, 0) is 14.6 Å². The molecule has 18 heavy (non-hydrogen) atoms. The molecule has 6 heteroatoms. The fraction of sp³-hybridized carbons (Fsp3) is 0.417. The average molecular weight is 272 g/mol. The molecule has 0 radical (unpaired) electrons. The van der Waals surface area contributed by atoms with E-state index >= 15 is 0 Å². The summed E-state index contributed by atoms with van der Waals surface area (Å²) in [6, 6.07) is 5.46. The van der Waals surface area contributed by atoms with E-state index in [9.17, 15) is 17.6 Å². The van der Waals surface area contributed by atoms with E-state index in [4.69, 9.17) is 5.11 Å². The monoisotopic (exact) mass is 272 g/mol. The number of carboxylic acids is 1.